The van der Waals surface area contributed by atoms with Crippen molar-refractivity contribution in [2.24, 2.45) is 0 Å². The fourth-order valence-electron chi connectivity index (χ4n) is 3.34. The van der Waals surface area contributed by atoms with Gasteiger partial charge < -0.3 is 25.6 Å². The van der Waals surface area contributed by atoms with E-state index < -0.39 is 66.0 Å². The number of alkyl halides is 7. The van der Waals surface area contributed by atoms with Crippen LogP contribution >= 0.6 is 22.9 Å². The standard InChI is InChI=1S/C22H18ClF7N4O5S/c23-15-4-3-14(40-15)18(37)31-8-13(33-20(38)21(26,27)19(24)25)17(36)32-12-2-1-10(7-11(12)22(28,29)30)34-5-6-39-9-16(34)35/h1-4,7,13,19H,5-6,8-9H2,(H,31,37)(H,32,36)(H,33,38)/t13-/m0/s1. The molecular weight excluding hydrogens is 601 g/mol. The monoisotopic (exact) mass is 618 g/mol. The Bertz CT molecular complexity index is 1290. The molecule has 0 spiro atoms. The molecule has 2 heterocycles. The first kappa shape index (κ1) is 31.1. The molecule has 0 saturated carbocycles. The Morgan fingerprint density at radius 2 is 1.80 bits per heavy atom. The normalized spacial score (nSPS) is 15.1. The van der Waals surface area contributed by atoms with E-state index in [1.165, 1.54) is 17.4 Å². The molecule has 18 heteroatoms. The van der Waals surface area contributed by atoms with Crippen molar-refractivity contribution in [3.8, 4) is 0 Å². The molecule has 218 valence electrons. The summed E-state index contributed by atoms with van der Waals surface area (Å²) < 4.78 is 99.0. The average molecular weight is 619 g/mol. The molecule has 1 aromatic carbocycles. The summed E-state index contributed by atoms with van der Waals surface area (Å²) in [6.07, 6.45) is -9.56. The maximum Gasteiger partial charge on any atom is 0.418 e. The highest BCUT2D eigenvalue weighted by Crippen LogP contribution is 2.38. The van der Waals surface area contributed by atoms with E-state index in [0.29, 0.717) is 6.07 Å². The minimum absolute atomic E-state index is 0.0130. The van der Waals surface area contributed by atoms with Crippen LogP contribution in [0.15, 0.2) is 30.3 Å². The number of benzene rings is 1. The molecule has 0 aliphatic carbocycles. The molecule has 0 bridgehead atoms. The minimum atomic E-state index is -5.26. The van der Waals surface area contributed by atoms with Crippen molar-refractivity contribution >= 4 is 57.9 Å². The number of rotatable bonds is 9. The SMILES string of the molecule is O=C(NC[C@H](NC(=O)C(F)(F)C(F)F)C(=O)Nc1ccc(N2CCOCC2=O)cc1C(F)(F)F)c1ccc(Cl)s1. The van der Waals surface area contributed by atoms with E-state index >= 15 is 0 Å². The highest BCUT2D eigenvalue weighted by molar-refractivity contribution is 7.18. The topological polar surface area (TPSA) is 117 Å². The molecule has 0 radical (unpaired) electrons. The first-order valence-electron chi connectivity index (χ1n) is 11.0. The summed E-state index contributed by atoms with van der Waals surface area (Å²) in [5.41, 5.74) is -2.53. The maximum absolute atomic E-state index is 13.8. The smallest absolute Gasteiger partial charge is 0.370 e. The lowest BCUT2D eigenvalue weighted by molar-refractivity contribution is -0.170. The number of halogens is 8. The Labute approximate surface area is 229 Å². The van der Waals surface area contributed by atoms with Gasteiger partial charge in [0.25, 0.3) is 17.7 Å². The number of nitrogens with one attached hydrogen (secondary N) is 3. The van der Waals surface area contributed by atoms with Gasteiger partial charge in [-0.25, -0.2) is 8.78 Å². The summed E-state index contributed by atoms with van der Waals surface area (Å²) >= 11 is 6.50. The van der Waals surface area contributed by atoms with Crippen LogP contribution in [0, 0.1) is 0 Å². The minimum Gasteiger partial charge on any atom is -0.370 e. The lowest BCUT2D eigenvalue weighted by Crippen LogP contribution is -2.56. The highest BCUT2D eigenvalue weighted by atomic mass is 35.5. The number of amides is 4. The Morgan fingerprint density at radius 1 is 1.10 bits per heavy atom. The molecule has 0 unspecified atom stereocenters. The van der Waals surface area contributed by atoms with E-state index in [9.17, 15) is 49.9 Å². The maximum atomic E-state index is 13.8. The molecule has 3 N–H and O–H groups in total. The van der Waals surface area contributed by atoms with Crippen molar-refractivity contribution in [1.29, 1.82) is 0 Å². The lowest BCUT2D eigenvalue weighted by atomic mass is 10.1. The second-order valence-corrected chi connectivity index (χ2v) is 9.79. The lowest BCUT2D eigenvalue weighted by Gasteiger charge is -2.28. The van der Waals surface area contributed by atoms with Gasteiger partial charge in [0.1, 0.15) is 12.6 Å². The third kappa shape index (κ3) is 7.39. The number of anilines is 2. The van der Waals surface area contributed by atoms with Crippen molar-refractivity contribution in [2.45, 2.75) is 24.6 Å². The van der Waals surface area contributed by atoms with E-state index in [1.54, 1.807) is 0 Å². The van der Waals surface area contributed by atoms with Gasteiger partial charge in [-0.3, -0.25) is 19.2 Å². The van der Waals surface area contributed by atoms with E-state index in [1.807, 2.05) is 5.32 Å². The van der Waals surface area contributed by atoms with Gasteiger partial charge >= 0.3 is 18.5 Å². The fourth-order valence-corrected chi connectivity index (χ4v) is 4.30. The molecule has 1 saturated heterocycles. The van der Waals surface area contributed by atoms with Gasteiger partial charge in [-0.15, -0.1) is 11.3 Å². The van der Waals surface area contributed by atoms with Gasteiger partial charge in [0.15, 0.2) is 0 Å². The van der Waals surface area contributed by atoms with Crippen LogP contribution in [0.2, 0.25) is 4.34 Å². The molecule has 3 rings (SSSR count). The largest absolute Gasteiger partial charge is 0.418 e. The van der Waals surface area contributed by atoms with Gasteiger partial charge in [0.05, 0.1) is 27.1 Å². The van der Waals surface area contributed by atoms with Crippen LogP contribution in [0.4, 0.5) is 42.1 Å². The van der Waals surface area contributed by atoms with Crippen LogP contribution in [0.3, 0.4) is 0 Å². The van der Waals surface area contributed by atoms with Gasteiger partial charge in [0.2, 0.25) is 5.91 Å². The Hall–Kier alpha value is -3.44. The van der Waals surface area contributed by atoms with Crippen LogP contribution < -0.4 is 20.9 Å². The number of morpholine rings is 1. The van der Waals surface area contributed by atoms with Crippen molar-refractivity contribution < 1.29 is 54.6 Å². The molecule has 1 aromatic heterocycles. The summed E-state index contributed by atoms with van der Waals surface area (Å²) in [4.78, 5) is 49.9. The second-order valence-electron chi connectivity index (χ2n) is 8.08. The number of carbonyl (C=O) groups excluding carboxylic acids is 4. The molecule has 9 nitrogen and oxygen atoms in total. The van der Waals surface area contributed by atoms with Crippen LogP contribution in [0.25, 0.3) is 0 Å². The molecule has 1 atom stereocenters. The predicted molar refractivity (Wildman–Crippen MR) is 128 cm³/mol. The molecular formula is C22H18ClF7N4O5S. The van der Waals surface area contributed by atoms with Crippen LogP contribution in [0.1, 0.15) is 15.2 Å². The molecule has 1 fully saturated rings. The van der Waals surface area contributed by atoms with Gasteiger partial charge in [-0.05, 0) is 30.3 Å². The number of hydrogen-bond acceptors (Lipinski definition) is 6. The highest BCUT2D eigenvalue weighted by Gasteiger charge is 2.50. The van der Waals surface area contributed by atoms with Crippen molar-refractivity contribution in [1.82, 2.24) is 10.6 Å². The molecule has 1 aliphatic rings. The van der Waals surface area contributed by atoms with E-state index in [0.717, 1.165) is 28.4 Å². The van der Waals surface area contributed by atoms with Crippen LogP contribution in [-0.4, -0.2) is 68.3 Å². The fraction of sp³-hybridized carbons (Fsp3) is 0.364. The Kier molecular flexibility index (Phi) is 9.63. The Balaban J connectivity index is 1.87. The van der Waals surface area contributed by atoms with Crippen molar-refractivity contribution in [3.63, 3.8) is 0 Å². The molecule has 2 aromatic rings. The molecule has 40 heavy (non-hydrogen) atoms. The zero-order chi connectivity index (χ0) is 29.8. The molecule has 1 aliphatic heterocycles. The second kappa shape index (κ2) is 12.4. The number of thiophene rings is 1. The van der Waals surface area contributed by atoms with Gasteiger partial charge in [-0.2, -0.15) is 22.0 Å². The van der Waals surface area contributed by atoms with E-state index in [2.05, 4.69) is 5.32 Å². The summed E-state index contributed by atoms with van der Waals surface area (Å²) in [7, 11) is 0. The third-order valence-electron chi connectivity index (χ3n) is 5.33. The molecule has 4 amide bonds. The quantitative estimate of drug-likeness (QED) is 0.372. The first-order chi connectivity index (χ1) is 18.6. The summed E-state index contributed by atoms with van der Waals surface area (Å²) in [6.45, 7) is -1.34. The predicted octanol–water partition coefficient (Wildman–Crippen LogP) is 3.54. The first-order valence-corrected chi connectivity index (χ1v) is 12.2. The zero-order valence-corrected chi connectivity index (χ0v) is 21.4. The average Bonchev–Trinajstić information content (AvgIpc) is 3.32. The third-order valence-corrected chi connectivity index (χ3v) is 6.56. The number of hydrogen-bond donors (Lipinski definition) is 3. The van der Waals surface area contributed by atoms with Crippen LogP contribution in [0.5, 0.6) is 0 Å². The number of ether oxygens (including phenoxy) is 1. The number of nitrogens with zero attached hydrogens (tertiary/aromatic N) is 1. The van der Waals surface area contributed by atoms with Gasteiger partial charge in [-0.1, -0.05) is 11.6 Å². The van der Waals surface area contributed by atoms with Gasteiger partial charge in [0, 0.05) is 18.8 Å². The van der Waals surface area contributed by atoms with E-state index in [-0.39, 0.29) is 34.7 Å². The Morgan fingerprint density at radius 3 is 2.38 bits per heavy atom. The summed E-state index contributed by atoms with van der Waals surface area (Å²) in [5.74, 6) is -10.9. The van der Waals surface area contributed by atoms with Crippen molar-refractivity contribution in [2.75, 3.05) is 36.5 Å². The summed E-state index contributed by atoms with van der Waals surface area (Å²) in [6, 6.07) is 2.77. The zero-order valence-electron chi connectivity index (χ0n) is 19.8. The number of carbonyl (C=O) groups is 4. The summed E-state index contributed by atoms with van der Waals surface area (Å²) in [5, 5.41) is 5.23. The van der Waals surface area contributed by atoms with Crippen molar-refractivity contribution in [3.05, 3.63) is 45.1 Å². The van der Waals surface area contributed by atoms with E-state index in [4.69, 9.17) is 16.3 Å². The van der Waals surface area contributed by atoms with Crippen LogP contribution in [-0.2, 0) is 25.3 Å².